The van der Waals surface area contributed by atoms with E-state index < -0.39 is 0 Å². The molecule has 1 rings (SSSR count). The van der Waals surface area contributed by atoms with Gasteiger partial charge in [-0.2, -0.15) is 0 Å². The van der Waals surface area contributed by atoms with Gasteiger partial charge < -0.3 is 0 Å². The Morgan fingerprint density at radius 3 is 1.82 bits per heavy atom. The number of hydrogen-bond donors (Lipinski definition) is 0. The first-order valence-corrected chi connectivity index (χ1v) is 12.0. The van der Waals surface area contributed by atoms with Crippen molar-refractivity contribution >= 4 is 15.9 Å². The molecule has 1 heteroatoms. The maximum atomic E-state index is 4.22. The van der Waals surface area contributed by atoms with Crippen LogP contribution < -0.4 is 0 Å². The van der Waals surface area contributed by atoms with Crippen molar-refractivity contribution in [2.45, 2.75) is 110 Å². The molecule has 1 aromatic carbocycles. The summed E-state index contributed by atoms with van der Waals surface area (Å²) in [5, 5.41) is 0. The van der Waals surface area contributed by atoms with Crippen LogP contribution in [-0.2, 0) is 17.3 Å². The highest BCUT2D eigenvalue weighted by atomic mass is 79.9. The van der Waals surface area contributed by atoms with Gasteiger partial charge in [0.1, 0.15) is 0 Å². The number of alkyl halides is 1. The molecule has 0 spiro atoms. The third kappa shape index (κ3) is 7.36. The van der Waals surface area contributed by atoms with Crippen LogP contribution in [0.4, 0.5) is 0 Å². The number of halogens is 1. The van der Waals surface area contributed by atoms with Crippen molar-refractivity contribution < 1.29 is 0 Å². The summed E-state index contributed by atoms with van der Waals surface area (Å²) in [6.45, 7) is 25.0. The molecule has 1 aromatic rings. The number of hydrogen-bond acceptors (Lipinski definition) is 0. The lowest BCUT2D eigenvalue weighted by Gasteiger charge is -2.34. The van der Waals surface area contributed by atoms with E-state index in [4.69, 9.17) is 0 Å². The van der Waals surface area contributed by atoms with Crippen LogP contribution in [0, 0.1) is 11.8 Å². The van der Waals surface area contributed by atoms with Crippen molar-refractivity contribution in [3.63, 3.8) is 0 Å². The van der Waals surface area contributed by atoms with Crippen LogP contribution in [0.15, 0.2) is 30.9 Å². The molecule has 3 unspecified atom stereocenters. The van der Waals surface area contributed by atoms with E-state index in [2.05, 4.69) is 109 Å². The normalized spacial score (nSPS) is 17.1. The third-order valence-corrected chi connectivity index (χ3v) is 7.22. The first kappa shape index (κ1) is 25.5. The number of benzene rings is 1. The monoisotopic (exact) mass is 448 g/mol. The Morgan fingerprint density at radius 1 is 0.964 bits per heavy atom. The Balaban J connectivity index is 3.33. The summed E-state index contributed by atoms with van der Waals surface area (Å²) in [5.41, 5.74) is 4.69. The minimum absolute atomic E-state index is 0.135. The highest BCUT2D eigenvalue weighted by molar-refractivity contribution is 9.10. The van der Waals surface area contributed by atoms with Crippen LogP contribution in [0.3, 0.4) is 0 Å². The van der Waals surface area contributed by atoms with Gasteiger partial charge >= 0.3 is 0 Å². The van der Waals surface area contributed by atoms with E-state index in [0.29, 0.717) is 11.8 Å². The molecule has 160 valence electrons. The molecule has 0 saturated carbocycles. The predicted molar refractivity (Wildman–Crippen MR) is 132 cm³/mol. The molecule has 0 bridgehead atoms. The molecule has 0 fully saturated rings. The molecule has 0 aliphatic rings. The zero-order valence-electron chi connectivity index (χ0n) is 20.1. The fraction of sp³-hybridized carbons (Fsp3) is 0.704. The highest BCUT2D eigenvalue weighted by Crippen LogP contribution is 2.40. The van der Waals surface area contributed by atoms with Crippen LogP contribution in [-0.4, -0.2) is 4.32 Å². The molecule has 0 radical (unpaired) electrons. The zero-order valence-corrected chi connectivity index (χ0v) is 21.7. The molecule has 28 heavy (non-hydrogen) atoms. The van der Waals surface area contributed by atoms with Crippen LogP contribution in [0.5, 0.6) is 0 Å². The van der Waals surface area contributed by atoms with Crippen molar-refractivity contribution in [3.05, 3.63) is 47.5 Å². The summed E-state index contributed by atoms with van der Waals surface area (Å²) in [7, 11) is 0. The Hall–Kier alpha value is -0.560. The minimum Gasteiger partial charge on any atom is -0.103 e. The van der Waals surface area contributed by atoms with E-state index in [1.165, 1.54) is 36.0 Å². The lowest BCUT2D eigenvalue weighted by atomic mass is 9.76. The van der Waals surface area contributed by atoms with Gasteiger partial charge in [0, 0.05) is 4.32 Å². The van der Waals surface area contributed by atoms with Crippen LogP contribution >= 0.6 is 15.9 Å². The topological polar surface area (TPSA) is 0 Å². The minimum atomic E-state index is 0.135. The molecular weight excluding hydrogens is 404 g/mol. The first-order chi connectivity index (χ1) is 12.8. The van der Waals surface area contributed by atoms with Crippen LogP contribution in [0.1, 0.15) is 105 Å². The second-order valence-corrected chi connectivity index (χ2v) is 12.7. The van der Waals surface area contributed by atoms with E-state index in [9.17, 15) is 0 Å². The molecule has 0 saturated heterocycles. The lowest BCUT2D eigenvalue weighted by Crippen LogP contribution is -2.29. The summed E-state index contributed by atoms with van der Waals surface area (Å²) in [6, 6.07) is 7.32. The quantitative estimate of drug-likeness (QED) is 0.261. The second-order valence-electron chi connectivity index (χ2n) is 11.0. The predicted octanol–water partition coefficient (Wildman–Crippen LogP) is 9.00. The average molecular weight is 450 g/mol. The summed E-state index contributed by atoms with van der Waals surface area (Å²) in [5.74, 6) is 1.24. The van der Waals surface area contributed by atoms with E-state index in [1.807, 2.05) is 0 Å². The Labute approximate surface area is 184 Å². The van der Waals surface area contributed by atoms with Crippen molar-refractivity contribution in [2.75, 3.05) is 0 Å². The SMILES string of the molecule is C=CC(CC(Br)(CCC)Cc1cc(C(C)(C)C)cc(C(C)(C)C)c1)C(C)CC. The van der Waals surface area contributed by atoms with Gasteiger partial charge in [-0.3, -0.25) is 0 Å². The van der Waals surface area contributed by atoms with Crippen molar-refractivity contribution in [2.24, 2.45) is 11.8 Å². The van der Waals surface area contributed by atoms with E-state index in [-0.39, 0.29) is 15.2 Å². The van der Waals surface area contributed by atoms with Gasteiger partial charge in [0.2, 0.25) is 0 Å². The summed E-state index contributed by atoms with van der Waals surface area (Å²) in [6.07, 6.45) is 8.02. The average Bonchev–Trinajstić information content (AvgIpc) is 2.57. The number of rotatable bonds is 9. The molecule has 0 heterocycles. The van der Waals surface area contributed by atoms with Gasteiger partial charge in [-0.15, -0.1) is 6.58 Å². The summed E-state index contributed by atoms with van der Waals surface area (Å²) < 4.78 is 0.135. The van der Waals surface area contributed by atoms with Crippen LogP contribution in [0.2, 0.25) is 0 Å². The van der Waals surface area contributed by atoms with Crippen molar-refractivity contribution in [3.8, 4) is 0 Å². The molecule has 0 aliphatic heterocycles. The maximum Gasteiger partial charge on any atom is 0.0303 e. The highest BCUT2D eigenvalue weighted by Gasteiger charge is 2.31. The summed E-state index contributed by atoms with van der Waals surface area (Å²) >= 11 is 4.22. The molecule has 0 nitrogen and oxygen atoms in total. The van der Waals surface area contributed by atoms with Crippen molar-refractivity contribution in [1.82, 2.24) is 0 Å². The van der Waals surface area contributed by atoms with Gasteiger partial charge in [-0.25, -0.2) is 0 Å². The van der Waals surface area contributed by atoms with Crippen molar-refractivity contribution in [1.29, 1.82) is 0 Å². The largest absolute Gasteiger partial charge is 0.103 e. The molecule has 0 aromatic heterocycles. The zero-order chi connectivity index (χ0) is 21.8. The smallest absolute Gasteiger partial charge is 0.0303 e. The molecule has 0 amide bonds. The third-order valence-electron chi connectivity index (χ3n) is 6.22. The van der Waals surface area contributed by atoms with Gasteiger partial charge in [0.25, 0.3) is 0 Å². The van der Waals surface area contributed by atoms with E-state index in [1.54, 1.807) is 0 Å². The van der Waals surface area contributed by atoms with Gasteiger partial charge in [0.15, 0.2) is 0 Å². The fourth-order valence-electron chi connectivity index (χ4n) is 3.98. The van der Waals surface area contributed by atoms with E-state index >= 15 is 0 Å². The second kappa shape index (κ2) is 9.96. The lowest BCUT2D eigenvalue weighted by molar-refractivity contribution is 0.339. The van der Waals surface area contributed by atoms with Gasteiger partial charge in [0.05, 0.1) is 0 Å². The summed E-state index contributed by atoms with van der Waals surface area (Å²) in [4.78, 5) is 0. The molecule has 0 aliphatic carbocycles. The molecular formula is C27H45Br. The van der Waals surface area contributed by atoms with Crippen LogP contribution in [0.25, 0.3) is 0 Å². The Bertz CT molecular complexity index is 596. The standard InChI is InChI=1S/C27H45Br/c1-11-14-27(28,19-22(13-3)20(4)12-2)18-21-15-23(25(5,6)7)17-24(16-21)26(8,9)10/h13,15-17,20,22H,3,11-12,14,18-19H2,1-2,4-10H3. The van der Waals surface area contributed by atoms with Gasteiger partial charge in [-0.1, -0.05) is 115 Å². The van der Waals surface area contributed by atoms with Gasteiger partial charge in [-0.05, 0) is 58.6 Å². The Kier molecular flexibility index (Phi) is 9.07. The molecule has 3 atom stereocenters. The van der Waals surface area contributed by atoms with E-state index in [0.717, 1.165) is 12.8 Å². The molecule has 0 N–H and O–H groups in total. The maximum absolute atomic E-state index is 4.22. The Morgan fingerprint density at radius 2 is 1.46 bits per heavy atom. The fourth-order valence-corrected chi connectivity index (χ4v) is 5.07. The number of allylic oxidation sites excluding steroid dienone is 1. The first-order valence-electron chi connectivity index (χ1n) is 11.2.